The molecule has 1 saturated heterocycles. The summed E-state index contributed by atoms with van der Waals surface area (Å²) in [6, 6.07) is 20.0. The maximum atomic E-state index is 13.2. The first-order chi connectivity index (χ1) is 15.2. The highest BCUT2D eigenvalue weighted by Crippen LogP contribution is 2.26. The Balaban J connectivity index is 1.40. The fourth-order valence-electron chi connectivity index (χ4n) is 4.08. The number of rotatable bonds is 7. The number of aromatic nitrogens is 1. The van der Waals surface area contributed by atoms with Gasteiger partial charge < -0.3 is 23.8 Å². The summed E-state index contributed by atoms with van der Waals surface area (Å²) >= 11 is 0. The van der Waals surface area contributed by atoms with Crippen LogP contribution in [-0.4, -0.2) is 55.8 Å². The molecule has 1 aliphatic heterocycles. The van der Waals surface area contributed by atoms with E-state index < -0.39 is 0 Å². The molecule has 2 aromatic carbocycles. The van der Waals surface area contributed by atoms with Crippen LogP contribution in [0.4, 0.5) is 5.69 Å². The molecule has 2 heterocycles. The van der Waals surface area contributed by atoms with Crippen molar-refractivity contribution in [2.45, 2.75) is 12.5 Å². The Hall–Kier alpha value is -3.41. The number of carbonyl (C=O) groups excluding carboxylic acids is 1. The summed E-state index contributed by atoms with van der Waals surface area (Å²) in [7, 11) is 3.33. The van der Waals surface area contributed by atoms with Crippen molar-refractivity contribution in [1.29, 1.82) is 0 Å². The fraction of sp³-hybridized carbons (Fsp3) is 0.320. The molecule has 0 aliphatic carbocycles. The van der Waals surface area contributed by atoms with E-state index in [2.05, 4.69) is 21.6 Å². The third-order valence-electron chi connectivity index (χ3n) is 5.93. The Morgan fingerprint density at radius 1 is 0.839 bits per heavy atom. The van der Waals surface area contributed by atoms with Crippen LogP contribution in [0.15, 0.2) is 73.1 Å². The summed E-state index contributed by atoms with van der Waals surface area (Å²) in [4.78, 5) is 17.5. The molecule has 1 atom stereocenters. The number of amides is 1. The van der Waals surface area contributed by atoms with Crippen molar-refractivity contribution in [3.05, 3.63) is 78.6 Å². The summed E-state index contributed by atoms with van der Waals surface area (Å²) in [5.41, 5.74) is 2.26. The third kappa shape index (κ3) is 4.85. The molecule has 1 amide bonds. The number of carbonyl (C=O) groups is 1. The van der Waals surface area contributed by atoms with Crippen molar-refractivity contribution in [3.63, 3.8) is 0 Å². The average Bonchev–Trinajstić information content (AvgIpc) is 3.37. The van der Waals surface area contributed by atoms with Crippen molar-refractivity contribution < 1.29 is 14.3 Å². The van der Waals surface area contributed by atoms with Gasteiger partial charge in [0, 0.05) is 44.3 Å². The van der Waals surface area contributed by atoms with Crippen molar-refractivity contribution >= 4 is 11.6 Å². The van der Waals surface area contributed by atoms with E-state index in [0.29, 0.717) is 6.42 Å². The zero-order valence-electron chi connectivity index (χ0n) is 18.1. The van der Waals surface area contributed by atoms with Gasteiger partial charge >= 0.3 is 0 Å². The van der Waals surface area contributed by atoms with Gasteiger partial charge in [0.1, 0.15) is 11.5 Å². The Bertz CT molecular complexity index is 960. The maximum Gasteiger partial charge on any atom is 0.225 e. The van der Waals surface area contributed by atoms with E-state index in [1.807, 2.05) is 65.8 Å². The van der Waals surface area contributed by atoms with Gasteiger partial charge in [0.15, 0.2) is 0 Å². The summed E-state index contributed by atoms with van der Waals surface area (Å²) in [5, 5.41) is 0. The molecule has 0 bridgehead atoms. The smallest absolute Gasteiger partial charge is 0.225 e. The third-order valence-corrected chi connectivity index (χ3v) is 5.93. The van der Waals surface area contributed by atoms with Gasteiger partial charge in [-0.25, -0.2) is 0 Å². The van der Waals surface area contributed by atoms with Crippen LogP contribution in [0.3, 0.4) is 0 Å². The predicted octanol–water partition coefficient (Wildman–Crippen LogP) is 3.83. The molecule has 0 spiro atoms. The van der Waals surface area contributed by atoms with Crippen molar-refractivity contribution in [3.8, 4) is 11.5 Å². The number of benzene rings is 2. The lowest BCUT2D eigenvalue weighted by Gasteiger charge is -2.37. The van der Waals surface area contributed by atoms with E-state index in [9.17, 15) is 4.79 Å². The topological polar surface area (TPSA) is 46.9 Å². The monoisotopic (exact) mass is 419 g/mol. The molecule has 3 aromatic rings. The van der Waals surface area contributed by atoms with E-state index in [0.717, 1.165) is 48.9 Å². The second kappa shape index (κ2) is 9.60. The molecule has 4 rings (SSSR count). The van der Waals surface area contributed by atoms with Crippen LogP contribution in [-0.2, 0) is 4.79 Å². The predicted molar refractivity (Wildman–Crippen MR) is 122 cm³/mol. The second-order valence-corrected chi connectivity index (χ2v) is 7.69. The Morgan fingerprint density at radius 2 is 1.39 bits per heavy atom. The lowest BCUT2D eigenvalue weighted by atomic mass is 10.0. The Morgan fingerprint density at radius 3 is 1.94 bits per heavy atom. The highest BCUT2D eigenvalue weighted by molar-refractivity contribution is 5.77. The standard InChI is InChI=1S/C25H29N3O3/c1-30-22-9-5-20(6-10-22)24(27-13-3-4-14-27)19-25(29)28-17-15-26(16-18-28)21-7-11-23(31-2)12-8-21/h3-14,24H,15-19H2,1-2H3/t24-/m1/s1. The molecular formula is C25H29N3O3. The van der Waals surface area contributed by atoms with E-state index in [-0.39, 0.29) is 11.9 Å². The number of anilines is 1. The summed E-state index contributed by atoms with van der Waals surface area (Å²) in [6.07, 6.45) is 4.47. The molecule has 0 radical (unpaired) electrons. The first kappa shape index (κ1) is 20.8. The van der Waals surface area contributed by atoms with Crippen LogP contribution >= 0.6 is 0 Å². The number of piperazine rings is 1. The van der Waals surface area contributed by atoms with Crippen molar-refractivity contribution in [1.82, 2.24) is 9.47 Å². The number of nitrogens with zero attached hydrogens (tertiary/aromatic N) is 3. The van der Waals surface area contributed by atoms with Gasteiger partial charge in [-0.05, 0) is 54.1 Å². The molecule has 1 aliphatic rings. The lowest BCUT2D eigenvalue weighted by Crippen LogP contribution is -2.49. The van der Waals surface area contributed by atoms with E-state index in [1.165, 1.54) is 0 Å². The SMILES string of the molecule is COc1ccc([C@@H](CC(=O)N2CCN(c3ccc(OC)cc3)CC2)n2cccc2)cc1. The quantitative estimate of drug-likeness (QED) is 0.584. The molecule has 31 heavy (non-hydrogen) atoms. The summed E-state index contributed by atoms with van der Waals surface area (Å²) in [5.74, 6) is 1.85. The molecule has 0 N–H and O–H groups in total. The summed E-state index contributed by atoms with van der Waals surface area (Å²) in [6.45, 7) is 3.11. The largest absolute Gasteiger partial charge is 0.497 e. The normalized spacial score (nSPS) is 14.9. The zero-order valence-corrected chi connectivity index (χ0v) is 18.1. The second-order valence-electron chi connectivity index (χ2n) is 7.69. The molecule has 1 fully saturated rings. The molecule has 1 aromatic heterocycles. The minimum Gasteiger partial charge on any atom is -0.497 e. The average molecular weight is 420 g/mol. The number of methoxy groups -OCH3 is 2. The van der Waals surface area contributed by atoms with Gasteiger partial charge in [-0.1, -0.05) is 12.1 Å². The highest BCUT2D eigenvalue weighted by atomic mass is 16.5. The molecule has 0 saturated carbocycles. The lowest BCUT2D eigenvalue weighted by molar-refractivity contribution is -0.132. The number of hydrogen-bond acceptors (Lipinski definition) is 4. The van der Waals surface area contributed by atoms with E-state index in [1.54, 1.807) is 14.2 Å². The van der Waals surface area contributed by atoms with Gasteiger partial charge in [-0.3, -0.25) is 4.79 Å². The van der Waals surface area contributed by atoms with Gasteiger partial charge in [0.25, 0.3) is 0 Å². The fourth-order valence-corrected chi connectivity index (χ4v) is 4.08. The Labute approximate surface area is 183 Å². The van der Waals surface area contributed by atoms with Crippen LogP contribution in [0.25, 0.3) is 0 Å². The van der Waals surface area contributed by atoms with Crippen molar-refractivity contribution in [2.75, 3.05) is 45.3 Å². The molecule has 6 nitrogen and oxygen atoms in total. The minimum absolute atomic E-state index is 0.0342. The van der Waals surface area contributed by atoms with Gasteiger partial charge in [0.2, 0.25) is 5.91 Å². The van der Waals surface area contributed by atoms with Crippen LogP contribution in [0.2, 0.25) is 0 Å². The first-order valence-electron chi connectivity index (χ1n) is 10.6. The molecule has 0 unspecified atom stereocenters. The first-order valence-corrected chi connectivity index (χ1v) is 10.6. The zero-order chi connectivity index (χ0) is 21.6. The van der Waals surface area contributed by atoms with Crippen LogP contribution in [0, 0.1) is 0 Å². The van der Waals surface area contributed by atoms with Gasteiger partial charge in [0.05, 0.1) is 26.7 Å². The van der Waals surface area contributed by atoms with Crippen LogP contribution in [0.5, 0.6) is 11.5 Å². The van der Waals surface area contributed by atoms with Gasteiger partial charge in [-0.15, -0.1) is 0 Å². The maximum absolute atomic E-state index is 13.2. The van der Waals surface area contributed by atoms with E-state index >= 15 is 0 Å². The van der Waals surface area contributed by atoms with Gasteiger partial charge in [-0.2, -0.15) is 0 Å². The van der Waals surface area contributed by atoms with Crippen molar-refractivity contribution in [2.24, 2.45) is 0 Å². The molecular weight excluding hydrogens is 390 g/mol. The highest BCUT2D eigenvalue weighted by Gasteiger charge is 2.25. The van der Waals surface area contributed by atoms with E-state index in [4.69, 9.17) is 9.47 Å². The van der Waals surface area contributed by atoms with Crippen LogP contribution < -0.4 is 14.4 Å². The summed E-state index contributed by atoms with van der Waals surface area (Å²) < 4.78 is 12.6. The minimum atomic E-state index is -0.0342. The van der Waals surface area contributed by atoms with Crippen LogP contribution in [0.1, 0.15) is 18.0 Å². The Kier molecular flexibility index (Phi) is 6.46. The molecule has 6 heteroatoms. The molecule has 162 valence electrons. The number of hydrogen-bond donors (Lipinski definition) is 0. The number of ether oxygens (including phenoxy) is 2.